The fraction of sp³-hybridized carbons (Fsp3) is 0. The van der Waals surface area contributed by atoms with Crippen LogP contribution in [0.5, 0.6) is 0 Å². The zero-order valence-electron chi connectivity index (χ0n) is 11.1. The SMILES string of the molecule is O=S(=O)(Nc1cc(-c2cccnc2)no1)c1ccccc1F. The van der Waals surface area contributed by atoms with E-state index in [-0.39, 0.29) is 5.88 Å². The predicted octanol–water partition coefficient (Wildman–Crippen LogP) is 2.68. The number of pyridine rings is 1. The van der Waals surface area contributed by atoms with Crippen molar-refractivity contribution in [3.8, 4) is 11.3 Å². The summed E-state index contributed by atoms with van der Waals surface area (Å²) in [6.45, 7) is 0. The van der Waals surface area contributed by atoms with E-state index >= 15 is 0 Å². The van der Waals surface area contributed by atoms with E-state index in [0.29, 0.717) is 11.3 Å². The molecule has 112 valence electrons. The summed E-state index contributed by atoms with van der Waals surface area (Å²) in [5.74, 6) is -0.955. The van der Waals surface area contributed by atoms with Crippen molar-refractivity contribution in [2.75, 3.05) is 4.72 Å². The first-order valence-electron chi connectivity index (χ1n) is 6.21. The third-order valence-electron chi connectivity index (χ3n) is 2.83. The molecule has 2 heterocycles. The molecular formula is C14H10FN3O3S. The largest absolute Gasteiger partial charge is 0.337 e. The average Bonchev–Trinajstić information content (AvgIpc) is 2.96. The van der Waals surface area contributed by atoms with Gasteiger partial charge in [-0.1, -0.05) is 17.3 Å². The highest BCUT2D eigenvalue weighted by Crippen LogP contribution is 2.23. The molecule has 0 fully saturated rings. The lowest BCUT2D eigenvalue weighted by atomic mass is 10.2. The molecule has 22 heavy (non-hydrogen) atoms. The van der Waals surface area contributed by atoms with Gasteiger partial charge in [-0.25, -0.2) is 17.5 Å². The number of nitrogens with zero attached hydrogens (tertiary/aromatic N) is 2. The quantitative estimate of drug-likeness (QED) is 0.799. The summed E-state index contributed by atoms with van der Waals surface area (Å²) in [5, 5.41) is 3.75. The van der Waals surface area contributed by atoms with E-state index in [9.17, 15) is 12.8 Å². The predicted molar refractivity (Wildman–Crippen MR) is 76.9 cm³/mol. The number of sulfonamides is 1. The van der Waals surface area contributed by atoms with Crippen LogP contribution in [0.4, 0.5) is 10.3 Å². The zero-order chi connectivity index (χ0) is 15.6. The highest BCUT2D eigenvalue weighted by molar-refractivity contribution is 7.92. The van der Waals surface area contributed by atoms with Gasteiger partial charge in [-0.2, -0.15) is 0 Å². The molecule has 0 aliphatic heterocycles. The normalized spacial score (nSPS) is 11.3. The second-order valence-electron chi connectivity index (χ2n) is 4.35. The van der Waals surface area contributed by atoms with Crippen molar-refractivity contribution in [1.82, 2.24) is 10.1 Å². The fourth-order valence-corrected chi connectivity index (χ4v) is 2.88. The average molecular weight is 319 g/mol. The Morgan fingerprint density at radius 2 is 1.95 bits per heavy atom. The smallest absolute Gasteiger partial charge is 0.267 e. The van der Waals surface area contributed by atoms with Crippen molar-refractivity contribution >= 4 is 15.9 Å². The molecule has 6 nitrogen and oxygen atoms in total. The molecule has 0 aliphatic rings. The summed E-state index contributed by atoms with van der Waals surface area (Å²) < 4.78 is 44.9. The van der Waals surface area contributed by atoms with E-state index in [1.54, 1.807) is 24.5 Å². The minimum Gasteiger partial charge on any atom is -0.337 e. The minimum absolute atomic E-state index is 0.109. The Balaban J connectivity index is 1.88. The summed E-state index contributed by atoms with van der Waals surface area (Å²) in [5.41, 5.74) is 1.09. The third-order valence-corrected chi connectivity index (χ3v) is 4.21. The second kappa shape index (κ2) is 5.57. The number of hydrogen-bond donors (Lipinski definition) is 1. The van der Waals surface area contributed by atoms with Crippen molar-refractivity contribution in [2.45, 2.75) is 4.90 Å². The lowest BCUT2D eigenvalue weighted by molar-refractivity contribution is 0.438. The standard InChI is InChI=1S/C14H10FN3O3S/c15-11-5-1-2-6-13(11)22(19,20)18-14-8-12(17-21-14)10-4-3-7-16-9-10/h1-9,18H. The fourth-order valence-electron chi connectivity index (χ4n) is 1.82. The molecule has 0 atom stereocenters. The van der Waals surface area contributed by atoms with Crippen molar-refractivity contribution in [3.63, 3.8) is 0 Å². The van der Waals surface area contributed by atoms with E-state index in [4.69, 9.17) is 4.52 Å². The number of anilines is 1. The van der Waals surface area contributed by atoms with Gasteiger partial charge in [0.2, 0.25) is 5.88 Å². The molecule has 3 aromatic rings. The Morgan fingerprint density at radius 3 is 2.68 bits per heavy atom. The Bertz CT molecular complexity index is 894. The molecule has 0 aliphatic carbocycles. The molecule has 3 rings (SSSR count). The molecule has 0 spiro atoms. The van der Waals surface area contributed by atoms with Gasteiger partial charge in [0.1, 0.15) is 16.4 Å². The van der Waals surface area contributed by atoms with Crippen LogP contribution in [0.1, 0.15) is 0 Å². The van der Waals surface area contributed by atoms with Crippen LogP contribution >= 0.6 is 0 Å². The summed E-state index contributed by atoms with van der Waals surface area (Å²) in [4.78, 5) is 3.47. The van der Waals surface area contributed by atoms with E-state index in [1.165, 1.54) is 18.2 Å². The number of nitrogens with one attached hydrogen (secondary N) is 1. The molecule has 0 bridgehead atoms. The number of aromatic nitrogens is 2. The van der Waals surface area contributed by atoms with Crippen LogP contribution in [0.25, 0.3) is 11.3 Å². The van der Waals surface area contributed by atoms with Gasteiger partial charge < -0.3 is 4.52 Å². The molecular weight excluding hydrogens is 309 g/mol. The molecule has 1 N–H and O–H groups in total. The van der Waals surface area contributed by atoms with Gasteiger partial charge in [0.05, 0.1) is 0 Å². The lowest BCUT2D eigenvalue weighted by Crippen LogP contribution is -2.13. The summed E-state index contributed by atoms with van der Waals surface area (Å²) in [7, 11) is -4.09. The molecule has 0 saturated heterocycles. The maximum atomic E-state index is 13.6. The van der Waals surface area contributed by atoms with Gasteiger partial charge in [0.15, 0.2) is 0 Å². The van der Waals surface area contributed by atoms with Crippen LogP contribution in [-0.4, -0.2) is 18.6 Å². The monoisotopic (exact) mass is 319 g/mol. The van der Waals surface area contributed by atoms with E-state index in [0.717, 1.165) is 12.1 Å². The van der Waals surface area contributed by atoms with Gasteiger partial charge in [-0.05, 0) is 24.3 Å². The molecule has 2 aromatic heterocycles. The van der Waals surface area contributed by atoms with Gasteiger partial charge in [0, 0.05) is 24.0 Å². The van der Waals surface area contributed by atoms with Gasteiger partial charge in [-0.15, -0.1) is 0 Å². The number of hydrogen-bond acceptors (Lipinski definition) is 5. The Labute approximate surface area is 125 Å². The molecule has 0 saturated carbocycles. The van der Waals surface area contributed by atoms with Crippen LogP contribution < -0.4 is 4.72 Å². The molecule has 0 unspecified atom stereocenters. The van der Waals surface area contributed by atoms with Crippen molar-refractivity contribution < 1.29 is 17.3 Å². The van der Waals surface area contributed by atoms with Crippen LogP contribution in [0.3, 0.4) is 0 Å². The van der Waals surface area contributed by atoms with Crippen LogP contribution in [-0.2, 0) is 10.0 Å². The summed E-state index contributed by atoms with van der Waals surface area (Å²) in [6, 6.07) is 9.93. The number of benzene rings is 1. The van der Waals surface area contributed by atoms with Crippen molar-refractivity contribution in [3.05, 3.63) is 60.7 Å². The van der Waals surface area contributed by atoms with Crippen LogP contribution in [0.15, 0.2) is 64.3 Å². The Hall–Kier alpha value is -2.74. The molecule has 8 heteroatoms. The van der Waals surface area contributed by atoms with Gasteiger partial charge in [0.25, 0.3) is 10.0 Å². The molecule has 0 radical (unpaired) electrons. The maximum absolute atomic E-state index is 13.6. The van der Waals surface area contributed by atoms with Gasteiger partial charge >= 0.3 is 0 Å². The third kappa shape index (κ3) is 2.82. The van der Waals surface area contributed by atoms with Gasteiger partial charge in [-0.3, -0.25) is 4.98 Å². The Kier molecular flexibility index (Phi) is 3.60. The van der Waals surface area contributed by atoms with Crippen molar-refractivity contribution in [1.29, 1.82) is 0 Å². The summed E-state index contributed by atoms with van der Waals surface area (Å²) in [6.07, 6.45) is 3.17. The van der Waals surface area contributed by atoms with Crippen LogP contribution in [0, 0.1) is 5.82 Å². The van der Waals surface area contributed by atoms with Crippen molar-refractivity contribution in [2.24, 2.45) is 0 Å². The van der Waals surface area contributed by atoms with Crippen LogP contribution in [0.2, 0.25) is 0 Å². The zero-order valence-corrected chi connectivity index (χ0v) is 11.9. The minimum atomic E-state index is -4.09. The second-order valence-corrected chi connectivity index (χ2v) is 6.00. The highest BCUT2D eigenvalue weighted by atomic mass is 32.2. The Morgan fingerprint density at radius 1 is 1.14 bits per heavy atom. The first-order chi connectivity index (χ1) is 10.6. The molecule has 0 amide bonds. The first kappa shape index (κ1) is 14.2. The number of rotatable bonds is 4. The van der Waals surface area contributed by atoms with E-state index in [1.807, 2.05) is 0 Å². The lowest BCUT2D eigenvalue weighted by Gasteiger charge is -2.04. The molecule has 1 aromatic carbocycles. The first-order valence-corrected chi connectivity index (χ1v) is 7.69. The number of halogens is 1. The highest BCUT2D eigenvalue weighted by Gasteiger charge is 2.20. The van der Waals surface area contributed by atoms with E-state index in [2.05, 4.69) is 14.9 Å². The van der Waals surface area contributed by atoms with E-state index < -0.39 is 20.7 Å². The topological polar surface area (TPSA) is 85.1 Å². The maximum Gasteiger partial charge on any atom is 0.267 e. The summed E-state index contributed by atoms with van der Waals surface area (Å²) >= 11 is 0.